The van der Waals surface area contributed by atoms with E-state index in [1.807, 2.05) is 30.3 Å². The number of Topliss-reactive ketones (excluding diaryl/α,β-unsaturated/α-hetero) is 1. The lowest BCUT2D eigenvalue weighted by atomic mass is 9.79. The van der Waals surface area contributed by atoms with Crippen LogP contribution in [0.1, 0.15) is 29.9 Å². The summed E-state index contributed by atoms with van der Waals surface area (Å²) in [6.45, 7) is -0.0974. The van der Waals surface area contributed by atoms with Crippen LogP contribution in [0.15, 0.2) is 48.5 Å². The van der Waals surface area contributed by atoms with Gasteiger partial charge in [-0.1, -0.05) is 36.4 Å². The van der Waals surface area contributed by atoms with Crippen molar-refractivity contribution < 1.29 is 23.9 Å². The Morgan fingerprint density at radius 1 is 1.07 bits per heavy atom. The Morgan fingerprint density at radius 2 is 1.81 bits per heavy atom. The van der Waals surface area contributed by atoms with Gasteiger partial charge in [0.25, 0.3) is 5.91 Å². The summed E-state index contributed by atoms with van der Waals surface area (Å²) in [5.74, 6) is 0.451. The third-order valence-electron chi connectivity index (χ3n) is 4.89. The zero-order valence-corrected chi connectivity index (χ0v) is 14.7. The van der Waals surface area contributed by atoms with Crippen molar-refractivity contribution in [3.8, 4) is 5.75 Å². The van der Waals surface area contributed by atoms with Crippen LogP contribution in [-0.4, -0.2) is 30.8 Å². The molecule has 1 amide bonds. The average molecular weight is 365 g/mol. The minimum atomic E-state index is -0.478. The smallest absolute Gasteiger partial charge is 0.326 e. The standard InChI is InChI=1S/C21H19NO5/c23-17-9-16(10-17)15-7-5-14(6-8-15)12-27-21(25)11-22-18-3-1-2-4-19(18)26-13-20(22)24/h1-8,16H,9-13H2. The second kappa shape index (κ2) is 7.23. The van der Waals surface area contributed by atoms with E-state index in [1.54, 1.807) is 18.2 Å². The molecule has 0 saturated heterocycles. The molecule has 1 aliphatic carbocycles. The van der Waals surface area contributed by atoms with Gasteiger partial charge in [-0.25, -0.2) is 0 Å². The number of carbonyl (C=O) groups excluding carboxylic acids is 3. The summed E-state index contributed by atoms with van der Waals surface area (Å²) in [6.07, 6.45) is 1.23. The number of ketones is 1. The van der Waals surface area contributed by atoms with Gasteiger partial charge in [0.1, 0.15) is 24.7 Å². The molecule has 2 aromatic carbocycles. The van der Waals surface area contributed by atoms with Gasteiger partial charge in [0, 0.05) is 12.8 Å². The minimum absolute atomic E-state index is 0.0879. The summed E-state index contributed by atoms with van der Waals surface area (Å²) in [5, 5.41) is 0. The largest absolute Gasteiger partial charge is 0.482 e. The number of rotatable bonds is 5. The van der Waals surface area contributed by atoms with E-state index in [0.717, 1.165) is 11.1 Å². The fraction of sp³-hybridized carbons (Fsp3) is 0.286. The second-order valence-electron chi connectivity index (χ2n) is 6.78. The topological polar surface area (TPSA) is 72.9 Å². The van der Waals surface area contributed by atoms with Crippen molar-refractivity contribution in [3.63, 3.8) is 0 Å². The van der Waals surface area contributed by atoms with E-state index in [1.165, 1.54) is 4.90 Å². The normalized spacial score (nSPS) is 16.4. The number of nitrogens with zero attached hydrogens (tertiary/aromatic N) is 1. The molecular weight excluding hydrogens is 346 g/mol. The lowest BCUT2D eigenvalue weighted by Crippen LogP contribution is -2.42. The number of fused-ring (bicyclic) bond motifs is 1. The fourth-order valence-electron chi connectivity index (χ4n) is 3.28. The van der Waals surface area contributed by atoms with Gasteiger partial charge >= 0.3 is 5.97 Å². The first-order valence-corrected chi connectivity index (χ1v) is 8.88. The monoisotopic (exact) mass is 365 g/mol. The minimum Gasteiger partial charge on any atom is -0.482 e. The molecule has 1 fully saturated rings. The Morgan fingerprint density at radius 3 is 2.56 bits per heavy atom. The maximum Gasteiger partial charge on any atom is 0.326 e. The quantitative estimate of drug-likeness (QED) is 0.762. The molecule has 27 heavy (non-hydrogen) atoms. The Kier molecular flexibility index (Phi) is 4.62. The van der Waals surface area contributed by atoms with Crippen molar-refractivity contribution >= 4 is 23.3 Å². The summed E-state index contributed by atoms with van der Waals surface area (Å²) in [7, 11) is 0. The molecule has 0 bridgehead atoms. The van der Waals surface area contributed by atoms with Gasteiger partial charge in [0.2, 0.25) is 0 Å². The molecule has 4 rings (SSSR count). The Balaban J connectivity index is 1.33. The number of para-hydroxylation sites is 2. The van der Waals surface area contributed by atoms with Crippen LogP contribution in [0.4, 0.5) is 5.69 Å². The van der Waals surface area contributed by atoms with Crippen molar-refractivity contribution in [1.29, 1.82) is 0 Å². The van der Waals surface area contributed by atoms with Gasteiger partial charge in [-0.15, -0.1) is 0 Å². The molecule has 0 aromatic heterocycles. The van der Waals surface area contributed by atoms with Gasteiger partial charge < -0.3 is 9.47 Å². The van der Waals surface area contributed by atoms with E-state index in [9.17, 15) is 14.4 Å². The van der Waals surface area contributed by atoms with Crippen LogP contribution in [0, 0.1) is 0 Å². The predicted octanol–water partition coefficient (Wildman–Crippen LogP) is 2.60. The second-order valence-corrected chi connectivity index (χ2v) is 6.78. The van der Waals surface area contributed by atoms with Crippen LogP contribution in [0.25, 0.3) is 0 Å². The number of benzene rings is 2. The van der Waals surface area contributed by atoms with Gasteiger partial charge in [0.15, 0.2) is 6.61 Å². The number of anilines is 1. The van der Waals surface area contributed by atoms with Crippen molar-refractivity contribution in [2.75, 3.05) is 18.1 Å². The van der Waals surface area contributed by atoms with E-state index in [2.05, 4.69) is 0 Å². The molecule has 2 aliphatic rings. The van der Waals surface area contributed by atoms with Crippen LogP contribution in [0.2, 0.25) is 0 Å². The third kappa shape index (κ3) is 3.69. The van der Waals surface area contributed by atoms with Gasteiger partial charge in [0.05, 0.1) is 5.69 Å². The van der Waals surface area contributed by atoms with Crippen LogP contribution in [0.5, 0.6) is 5.75 Å². The molecule has 0 radical (unpaired) electrons. The molecule has 0 atom stereocenters. The first-order valence-electron chi connectivity index (χ1n) is 8.88. The summed E-state index contributed by atoms with van der Waals surface area (Å²) in [4.78, 5) is 36.8. The van der Waals surface area contributed by atoms with Crippen LogP contribution in [0.3, 0.4) is 0 Å². The summed E-state index contributed by atoms with van der Waals surface area (Å²) in [6, 6.07) is 14.9. The molecule has 1 saturated carbocycles. The van der Waals surface area contributed by atoms with Gasteiger partial charge in [-0.2, -0.15) is 0 Å². The summed E-state index contributed by atoms with van der Waals surface area (Å²) < 4.78 is 10.7. The van der Waals surface area contributed by atoms with E-state index in [-0.39, 0.29) is 25.7 Å². The maximum absolute atomic E-state index is 12.2. The van der Waals surface area contributed by atoms with Gasteiger partial charge in [-0.05, 0) is 29.2 Å². The SMILES string of the molecule is O=C1CC(c2ccc(COC(=O)CN3C(=O)COc4ccccc43)cc2)C1. The molecule has 6 nitrogen and oxygen atoms in total. The van der Waals surface area contributed by atoms with Crippen molar-refractivity contribution in [2.24, 2.45) is 0 Å². The average Bonchev–Trinajstić information content (AvgIpc) is 2.67. The highest BCUT2D eigenvalue weighted by Crippen LogP contribution is 2.33. The lowest BCUT2D eigenvalue weighted by molar-refractivity contribution is -0.144. The first kappa shape index (κ1) is 17.3. The maximum atomic E-state index is 12.2. The number of amides is 1. The molecule has 1 heterocycles. The van der Waals surface area contributed by atoms with E-state index >= 15 is 0 Å². The highest BCUT2D eigenvalue weighted by molar-refractivity contribution is 6.01. The van der Waals surface area contributed by atoms with Crippen LogP contribution < -0.4 is 9.64 Å². The Hall–Kier alpha value is -3.15. The highest BCUT2D eigenvalue weighted by Gasteiger charge is 2.28. The zero-order valence-electron chi connectivity index (χ0n) is 14.7. The Labute approximate surface area is 156 Å². The van der Waals surface area contributed by atoms with E-state index in [4.69, 9.17) is 9.47 Å². The van der Waals surface area contributed by atoms with E-state index in [0.29, 0.717) is 36.0 Å². The zero-order chi connectivity index (χ0) is 18.8. The van der Waals surface area contributed by atoms with Crippen molar-refractivity contribution in [2.45, 2.75) is 25.4 Å². The fourth-order valence-corrected chi connectivity index (χ4v) is 3.28. The van der Waals surface area contributed by atoms with Gasteiger partial charge in [-0.3, -0.25) is 19.3 Å². The number of esters is 1. The van der Waals surface area contributed by atoms with E-state index < -0.39 is 5.97 Å². The van der Waals surface area contributed by atoms with Crippen molar-refractivity contribution in [3.05, 3.63) is 59.7 Å². The molecule has 0 unspecified atom stereocenters. The number of hydrogen-bond donors (Lipinski definition) is 0. The number of hydrogen-bond acceptors (Lipinski definition) is 5. The molecule has 0 N–H and O–H groups in total. The number of carbonyl (C=O) groups is 3. The van der Waals surface area contributed by atoms with Crippen LogP contribution >= 0.6 is 0 Å². The molecular formula is C21H19NO5. The molecule has 6 heteroatoms. The highest BCUT2D eigenvalue weighted by atomic mass is 16.5. The van der Waals surface area contributed by atoms with Crippen molar-refractivity contribution in [1.82, 2.24) is 0 Å². The lowest BCUT2D eigenvalue weighted by Gasteiger charge is -2.28. The third-order valence-corrected chi connectivity index (χ3v) is 4.89. The molecule has 2 aromatic rings. The molecule has 138 valence electrons. The molecule has 0 spiro atoms. The predicted molar refractivity (Wildman–Crippen MR) is 97.5 cm³/mol. The molecule has 1 aliphatic heterocycles. The Bertz CT molecular complexity index is 882. The summed E-state index contributed by atoms with van der Waals surface area (Å²) >= 11 is 0. The van der Waals surface area contributed by atoms with Crippen LogP contribution in [-0.2, 0) is 25.7 Å². The summed E-state index contributed by atoms with van der Waals surface area (Å²) in [5.41, 5.74) is 2.58. The number of ether oxygens (including phenoxy) is 2. The first-order chi connectivity index (χ1) is 13.1.